The lowest BCUT2D eigenvalue weighted by Crippen LogP contribution is -2.39. The predicted octanol–water partition coefficient (Wildman–Crippen LogP) is 6.73. The van der Waals surface area contributed by atoms with E-state index in [1.54, 1.807) is 4.90 Å². The fourth-order valence-corrected chi connectivity index (χ4v) is 4.11. The van der Waals surface area contributed by atoms with E-state index in [4.69, 9.17) is 21.7 Å². The van der Waals surface area contributed by atoms with E-state index in [1.165, 1.54) is 0 Å². The minimum Gasteiger partial charge on any atom is -0.481 e. The largest absolute Gasteiger partial charge is 0.481 e. The molecular weight excluding hydrogens is 444 g/mol. The van der Waals surface area contributed by atoms with Crippen LogP contribution in [0.4, 0.5) is 10.5 Å². The number of carbonyl (C=O) groups is 1. The maximum atomic E-state index is 13.6. The molecule has 5 nitrogen and oxygen atoms in total. The van der Waals surface area contributed by atoms with Crippen LogP contribution in [0.25, 0.3) is 0 Å². The summed E-state index contributed by atoms with van der Waals surface area (Å²) in [5, 5.41) is 3.26. The summed E-state index contributed by atoms with van der Waals surface area (Å²) in [6.07, 6.45) is -0.552. The molecule has 6 heteroatoms. The van der Waals surface area contributed by atoms with Crippen LogP contribution in [0.2, 0.25) is 0 Å². The Kier molecular flexibility index (Phi) is 6.89. The number of nitrogens with zero attached hydrogens (tertiary/aromatic N) is 1. The smallest absolute Gasteiger partial charge is 0.411 e. The summed E-state index contributed by atoms with van der Waals surface area (Å²) < 4.78 is 11.8. The topological polar surface area (TPSA) is 50.8 Å². The van der Waals surface area contributed by atoms with Crippen molar-refractivity contribution in [3.05, 3.63) is 95.6 Å². The van der Waals surface area contributed by atoms with E-state index < -0.39 is 5.60 Å². The second kappa shape index (κ2) is 9.85. The van der Waals surface area contributed by atoms with E-state index in [1.807, 2.05) is 107 Å². The monoisotopic (exact) mass is 474 g/mol. The van der Waals surface area contributed by atoms with Gasteiger partial charge in [0.2, 0.25) is 0 Å². The van der Waals surface area contributed by atoms with E-state index in [0.717, 1.165) is 28.1 Å². The third kappa shape index (κ3) is 5.57. The van der Waals surface area contributed by atoms with Crippen molar-refractivity contribution in [1.82, 2.24) is 4.90 Å². The molecule has 0 aromatic heterocycles. The summed E-state index contributed by atoms with van der Waals surface area (Å²) in [4.78, 5) is 16.0. The van der Waals surface area contributed by atoms with Crippen LogP contribution in [0.15, 0.2) is 78.9 Å². The van der Waals surface area contributed by atoms with Crippen LogP contribution in [0.3, 0.4) is 0 Å². The van der Waals surface area contributed by atoms with Crippen molar-refractivity contribution < 1.29 is 14.3 Å². The number of carbonyl (C=O) groups excluding carboxylic acids is 1. The van der Waals surface area contributed by atoms with Gasteiger partial charge in [-0.15, -0.1) is 0 Å². The standard InChI is InChI=1S/C28H30N2O3S/c1-19-26(34)29-23-17-20(15-16-24(23)32-19)18-30(27(31)33-28(2,3)4)25(21-11-7-5-8-12-21)22-13-9-6-10-14-22/h5-17,19,25H,18H2,1-4H3,(H,29,34). The molecule has 176 valence electrons. The molecule has 0 bridgehead atoms. The third-order valence-corrected chi connectivity index (χ3v) is 5.93. The van der Waals surface area contributed by atoms with Crippen molar-refractivity contribution in [2.45, 2.75) is 52.0 Å². The Morgan fingerprint density at radius 1 is 1.03 bits per heavy atom. The van der Waals surface area contributed by atoms with E-state index in [9.17, 15) is 4.79 Å². The number of hydrogen-bond acceptors (Lipinski definition) is 4. The first kappa shape index (κ1) is 23.8. The Bertz CT molecular complexity index is 1120. The van der Waals surface area contributed by atoms with Gasteiger partial charge in [-0.3, -0.25) is 4.90 Å². The fraction of sp³-hybridized carbons (Fsp3) is 0.286. The number of fused-ring (bicyclic) bond motifs is 1. The van der Waals surface area contributed by atoms with Crippen LogP contribution in [-0.2, 0) is 11.3 Å². The molecule has 1 N–H and O–H groups in total. The summed E-state index contributed by atoms with van der Waals surface area (Å²) in [5.41, 5.74) is 3.14. The van der Waals surface area contributed by atoms with Gasteiger partial charge in [-0.1, -0.05) is 78.9 Å². The van der Waals surface area contributed by atoms with E-state index in [2.05, 4.69) is 5.32 Å². The lowest BCUT2D eigenvalue weighted by molar-refractivity contribution is 0.0171. The molecule has 1 amide bonds. The van der Waals surface area contributed by atoms with Gasteiger partial charge < -0.3 is 14.8 Å². The van der Waals surface area contributed by atoms with Gasteiger partial charge in [-0.25, -0.2) is 4.79 Å². The van der Waals surface area contributed by atoms with E-state index in [0.29, 0.717) is 11.5 Å². The average Bonchev–Trinajstić information content (AvgIpc) is 2.80. The van der Waals surface area contributed by atoms with Gasteiger partial charge in [0.15, 0.2) is 0 Å². The minimum absolute atomic E-state index is 0.174. The van der Waals surface area contributed by atoms with Crippen molar-refractivity contribution in [1.29, 1.82) is 0 Å². The van der Waals surface area contributed by atoms with Gasteiger partial charge in [-0.2, -0.15) is 0 Å². The first-order valence-electron chi connectivity index (χ1n) is 11.4. The van der Waals surface area contributed by atoms with Gasteiger partial charge >= 0.3 is 6.09 Å². The lowest BCUT2D eigenvalue weighted by atomic mass is 9.96. The fourth-order valence-electron chi connectivity index (χ4n) is 3.96. The molecule has 0 spiro atoms. The lowest BCUT2D eigenvalue weighted by Gasteiger charge is -2.35. The van der Waals surface area contributed by atoms with Gasteiger partial charge in [0.1, 0.15) is 22.4 Å². The van der Waals surface area contributed by atoms with Gasteiger partial charge in [0.25, 0.3) is 0 Å². The van der Waals surface area contributed by atoms with Crippen molar-refractivity contribution >= 4 is 29.0 Å². The molecule has 1 aliphatic heterocycles. The molecule has 0 saturated heterocycles. The summed E-state index contributed by atoms with van der Waals surface area (Å²) in [7, 11) is 0. The normalized spacial score (nSPS) is 15.2. The van der Waals surface area contributed by atoms with Gasteiger partial charge in [-0.05, 0) is 56.5 Å². The molecule has 0 saturated carbocycles. The van der Waals surface area contributed by atoms with Gasteiger partial charge in [0, 0.05) is 0 Å². The van der Waals surface area contributed by atoms with Crippen LogP contribution < -0.4 is 10.1 Å². The van der Waals surface area contributed by atoms with E-state index >= 15 is 0 Å². The molecule has 1 atom stereocenters. The molecular formula is C28H30N2O3S. The molecule has 0 fully saturated rings. The number of hydrogen-bond donors (Lipinski definition) is 1. The Balaban J connectivity index is 1.75. The zero-order chi connectivity index (χ0) is 24.3. The number of thiocarbonyl (C=S) groups is 1. The SMILES string of the molecule is CC1Oc2ccc(CN(C(=O)OC(C)(C)C)C(c3ccccc3)c3ccccc3)cc2NC1=S. The zero-order valence-electron chi connectivity index (χ0n) is 19.9. The Labute approximate surface area is 206 Å². The molecule has 0 radical (unpaired) electrons. The van der Waals surface area contributed by atoms with Crippen LogP contribution in [0.1, 0.15) is 50.4 Å². The van der Waals surface area contributed by atoms with Crippen LogP contribution in [-0.4, -0.2) is 27.7 Å². The molecule has 3 aromatic rings. The highest BCUT2D eigenvalue weighted by atomic mass is 32.1. The molecule has 3 aromatic carbocycles. The number of rotatable bonds is 5. The van der Waals surface area contributed by atoms with Crippen molar-refractivity contribution in [3.8, 4) is 5.75 Å². The third-order valence-electron chi connectivity index (χ3n) is 5.50. The van der Waals surface area contributed by atoms with Crippen molar-refractivity contribution in [3.63, 3.8) is 0 Å². The molecule has 1 heterocycles. The number of benzene rings is 3. The summed E-state index contributed by atoms with van der Waals surface area (Å²) in [6.45, 7) is 7.91. The number of ether oxygens (including phenoxy) is 2. The minimum atomic E-state index is -0.624. The highest BCUT2D eigenvalue weighted by Gasteiger charge is 2.31. The van der Waals surface area contributed by atoms with Crippen LogP contribution in [0, 0.1) is 0 Å². The highest BCUT2D eigenvalue weighted by molar-refractivity contribution is 7.80. The summed E-state index contributed by atoms with van der Waals surface area (Å²) >= 11 is 5.39. The molecule has 4 rings (SSSR count). The summed E-state index contributed by atoms with van der Waals surface area (Å²) in [6, 6.07) is 25.6. The van der Waals surface area contributed by atoms with Crippen LogP contribution >= 0.6 is 12.2 Å². The highest BCUT2D eigenvalue weighted by Crippen LogP contribution is 2.35. The number of amides is 1. The Morgan fingerprint density at radius 2 is 1.62 bits per heavy atom. The van der Waals surface area contributed by atoms with Gasteiger partial charge in [0.05, 0.1) is 18.3 Å². The zero-order valence-corrected chi connectivity index (χ0v) is 20.8. The van der Waals surface area contributed by atoms with Crippen molar-refractivity contribution in [2.75, 3.05) is 5.32 Å². The second-order valence-electron chi connectivity index (χ2n) is 9.41. The van der Waals surface area contributed by atoms with Crippen LogP contribution in [0.5, 0.6) is 5.75 Å². The average molecular weight is 475 g/mol. The number of nitrogens with one attached hydrogen (secondary N) is 1. The quantitative estimate of drug-likeness (QED) is 0.415. The summed E-state index contributed by atoms with van der Waals surface area (Å²) in [5.74, 6) is 0.747. The molecule has 1 unspecified atom stereocenters. The molecule has 34 heavy (non-hydrogen) atoms. The predicted molar refractivity (Wildman–Crippen MR) is 139 cm³/mol. The Morgan fingerprint density at radius 3 is 2.18 bits per heavy atom. The Hall–Kier alpha value is -3.38. The van der Waals surface area contributed by atoms with E-state index in [-0.39, 0.29) is 18.2 Å². The number of anilines is 1. The molecule has 0 aliphatic carbocycles. The van der Waals surface area contributed by atoms with Crippen molar-refractivity contribution in [2.24, 2.45) is 0 Å². The maximum absolute atomic E-state index is 13.6. The first-order valence-corrected chi connectivity index (χ1v) is 11.8. The maximum Gasteiger partial charge on any atom is 0.411 e. The molecule has 1 aliphatic rings. The second-order valence-corrected chi connectivity index (χ2v) is 9.85. The first-order chi connectivity index (χ1) is 16.2.